The molecule has 0 saturated heterocycles. The van der Waals surface area contributed by atoms with Crippen LogP contribution in [0, 0.1) is 0 Å². The lowest BCUT2D eigenvalue weighted by atomic mass is 10.2. The van der Waals surface area contributed by atoms with Gasteiger partial charge in [-0.1, -0.05) is 36.4 Å². The fraction of sp³-hybridized carbons (Fsp3) is 0.0952. The van der Waals surface area contributed by atoms with Crippen molar-refractivity contribution in [2.75, 3.05) is 6.79 Å². The van der Waals surface area contributed by atoms with E-state index < -0.39 is 0 Å². The maximum Gasteiger partial charge on any atom is 0.244 e. The lowest BCUT2D eigenvalue weighted by Gasteiger charge is -2.00. The van der Waals surface area contributed by atoms with Crippen LogP contribution in [0.3, 0.4) is 0 Å². The molecule has 5 nitrogen and oxygen atoms in total. The summed E-state index contributed by atoms with van der Waals surface area (Å²) in [6, 6.07) is 19.1. The van der Waals surface area contributed by atoms with E-state index in [0.717, 1.165) is 22.6 Å². The molecule has 0 radical (unpaired) electrons. The number of hydrogen-bond donors (Lipinski definition) is 1. The fourth-order valence-corrected chi connectivity index (χ4v) is 2.65. The molecule has 3 aromatic rings. The Morgan fingerprint density at radius 3 is 2.73 bits per heavy atom. The molecule has 0 spiro atoms. The van der Waals surface area contributed by atoms with Crippen molar-refractivity contribution in [3.63, 3.8) is 0 Å². The van der Waals surface area contributed by atoms with Crippen LogP contribution in [0.4, 0.5) is 0 Å². The molecule has 0 fully saturated rings. The molecule has 0 saturated carbocycles. The first-order valence-corrected chi connectivity index (χ1v) is 8.28. The summed E-state index contributed by atoms with van der Waals surface area (Å²) in [5.74, 6) is 2.70. The zero-order valence-electron chi connectivity index (χ0n) is 14.0. The van der Waals surface area contributed by atoms with E-state index in [-0.39, 0.29) is 12.7 Å². The van der Waals surface area contributed by atoms with Gasteiger partial charge >= 0.3 is 0 Å². The maximum atomic E-state index is 12.0. The quantitative estimate of drug-likeness (QED) is 0.709. The summed E-state index contributed by atoms with van der Waals surface area (Å²) >= 11 is 0. The Kier molecular flexibility index (Phi) is 4.43. The highest BCUT2D eigenvalue weighted by molar-refractivity contribution is 5.91. The van der Waals surface area contributed by atoms with Crippen molar-refractivity contribution in [2.45, 2.75) is 6.54 Å². The van der Waals surface area contributed by atoms with E-state index >= 15 is 0 Å². The Bertz CT molecular complexity index is 944. The smallest absolute Gasteiger partial charge is 0.244 e. The summed E-state index contributed by atoms with van der Waals surface area (Å²) in [6.07, 6.45) is 3.22. The minimum Gasteiger partial charge on any atom is -0.459 e. The van der Waals surface area contributed by atoms with Gasteiger partial charge in [0.15, 0.2) is 11.5 Å². The molecule has 1 N–H and O–H groups in total. The number of hydrogen-bond acceptors (Lipinski definition) is 4. The topological polar surface area (TPSA) is 60.7 Å². The molecule has 2 aromatic carbocycles. The van der Waals surface area contributed by atoms with Crippen LogP contribution in [0.1, 0.15) is 11.3 Å². The van der Waals surface area contributed by atoms with Crippen LogP contribution in [0.5, 0.6) is 11.5 Å². The van der Waals surface area contributed by atoms with Crippen molar-refractivity contribution in [3.05, 3.63) is 78.1 Å². The van der Waals surface area contributed by atoms with Crippen LogP contribution >= 0.6 is 0 Å². The highest BCUT2D eigenvalue weighted by Crippen LogP contribution is 2.32. The predicted octanol–water partition coefficient (Wildman–Crippen LogP) is 4.00. The molecule has 0 atom stereocenters. The van der Waals surface area contributed by atoms with Crippen LogP contribution < -0.4 is 14.8 Å². The van der Waals surface area contributed by atoms with Gasteiger partial charge in [0.05, 0.1) is 6.54 Å². The monoisotopic (exact) mass is 347 g/mol. The standard InChI is InChI=1S/C21H17NO4/c23-21(11-7-15-6-9-19-20(12-15)25-14-24-19)22-13-17-8-10-18(26-17)16-4-2-1-3-5-16/h1-12H,13-14H2,(H,22,23)/b11-7+. The molecule has 1 aliphatic heterocycles. The second-order valence-corrected chi connectivity index (χ2v) is 5.80. The Balaban J connectivity index is 1.33. The molecule has 1 aliphatic rings. The normalized spacial score (nSPS) is 12.5. The van der Waals surface area contributed by atoms with Crippen molar-refractivity contribution in [2.24, 2.45) is 0 Å². The average Bonchev–Trinajstić information content (AvgIpc) is 3.34. The minimum atomic E-state index is -0.194. The fourth-order valence-electron chi connectivity index (χ4n) is 2.65. The van der Waals surface area contributed by atoms with Crippen molar-refractivity contribution in [1.29, 1.82) is 0 Å². The number of ether oxygens (including phenoxy) is 2. The van der Waals surface area contributed by atoms with Gasteiger partial charge in [-0.05, 0) is 35.9 Å². The molecule has 4 rings (SSSR count). The van der Waals surface area contributed by atoms with Crippen LogP contribution in [-0.4, -0.2) is 12.7 Å². The number of fused-ring (bicyclic) bond motifs is 1. The van der Waals surface area contributed by atoms with Crippen molar-refractivity contribution < 1.29 is 18.7 Å². The average molecular weight is 347 g/mol. The van der Waals surface area contributed by atoms with Gasteiger partial charge in [0.2, 0.25) is 12.7 Å². The first-order valence-electron chi connectivity index (χ1n) is 8.28. The van der Waals surface area contributed by atoms with Crippen LogP contribution in [0.15, 0.2) is 71.2 Å². The molecule has 1 aromatic heterocycles. The van der Waals surface area contributed by atoms with Crippen LogP contribution in [-0.2, 0) is 11.3 Å². The van der Waals surface area contributed by atoms with Gasteiger partial charge < -0.3 is 19.2 Å². The third kappa shape index (κ3) is 3.62. The van der Waals surface area contributed by atoms with Crippen molar-refractivity contribution in [3.8, 4) is 22.8 Å². The minimum absolute atomic E-state index is 0.194. The summed E-state index contributed by atoms with van der Waals surface area (Å²) < 4.78 is 16.3. The zero-order valence-corrected chi connectivity index (χ0v) is 14.0. The number of nitrogens with one attached hydrogen (secondary N) is 1. The highest BCUT2D eigenvalue weighted by Gasteiger charge is 2.12. The van der Waals surface area contributed by atoms with Crippen LogP contribution in [0.25, 0.3) is 17.4 Å². The molecule has 130 valence electrons. The first kappa shape index (κ1) is 16.0. The summed E-state index contributed by atoms with van der Waals surface area (Å²) in [4.78, 5) is 12.0. The Morgan fingerprint density at radius 1 is 1.00 bits per heavy atom. The SMILES string of the molecule is O=C(/C=C/c1ccc2c(c1)OCO2)NCc1ccc(-c2ccccc2)o1. The van der Waals surface area contributed by atoms with Gasteiger partial charge in [-0.15, -0.1) is 0 Å². The summed E-state index contributed by atoms with van der Waals surface area (Å²) in [7, 11) is 0. The van der Waals surface area contributed by atoms with Crippen LogP contribution in [0.2, 0.25) is 0 Å². The van der Waals surface area contributed by atoms with Gasteiger partial charge in [-0.25, -0.2) is 0 Å². The molecular weight excluding hydrogens is 330 g/mol. The third-order valence-corrected chi connectivity index (χ3v) is 3.98. The van der Waals surface area contributed by atoms with Crippen molar-refractivity contribution in [1.82, 2.24) is 5.32 Å². The number of rotatable bonds is 5. The van der Waals surface area contributed by atoms with E-state index in [4.69, 9.17) is 13.9 Å². The molecule has 0 bridgehead atoms. The number of benzene rings is 2. The molecule has 2 heterocycles. The molecule has 1 amide bonds. The summed E-state index contributed by atoms with van der Waals surface area (Å²) in [5.41, 5.74) is 1.88. The zero-order chi connectivity index (χ0) is 17.8. The molecule has 0 unspecified atom stereocenters. The largest absolute Gasteiger partial charge is 0.459 e. The van der Waals surface area contributed by atoms with E-state index in [1.54, 1.807) is 6.08 Å². The number of furan rings is 1. The third-order valence-electron chi connectivity index (χ3n) is 3.98. The second-order valence-electron chi connectivity index (χ2n) is 5.80. The Morgan fingerprint density at radius 2 is 1.85 bits per heavy atom. The number of carbonyl (C=O) groups excluding carboxylic acids is 1. The number of amides is 1. The first-order chi connectivity index (χ1) is 12.8. The van der Waals surface area contributed by atoms with Gasteiger partial charge in [0, 0.05) is 11.6 Å². The van der Waals surface area contributed by atoms with Gasteiger partial charge in [0.1, 0.15) is 11.5 Å². The van der Waals surface area contributed by atoms with Gasteiger partial charge in [0.25, 0.3) is 0 Å². The van der Waals surface area contributed by atoms with Gasteiger partial charge in [-0.2, -0.15) is 0 Å². The van der Waals surface area contributed by atoms with E-state index in [1.165, 1.54) is 6.08 Å². The lowest BCUT2D eigenvalue weighted by Crippen LogP contribution is -2.19. The Hall–Kier alpha value is -3.47. The van der Waals surface area contributed by atoms with Gasteiger partial charge in [-0.3, -0.25) is 4.79 Å². The molecule has 26 heavy (non-hydrogen) atoms. The van der Waals surface area contributed by atoms with Crippen molar-refractivity contribution >= 4 is 12.0 Å². The van der Waals surface area contributed by atoms with E-state index in [9.17, 15) is 4.79 Å². The van der Waals surface area contributed by atoms with E-state index in [1.807, 2.05) is 60.7 Å². The Labute approximate surface area is 150 Å². The highest BCUT2D eigenvalue weighted by atomic mass is 16.7. The maximum absolute atomic E-state index is 12.0. The molecule has 0 aliphatic carbocycles. The number of carbonyl (C=O) groups is 1. The molecule has 5 heteroatoms. The lowest BCUT2D eigenvalue weighted by molar-refractivity contribution is -0.116. The summed E-state index contributed by atoms with van der Waals surface area (Å²) in [6.45, 7) is 0.564. The van der Waals surface area contributed by atoms with E-state index in [2.05, 4.69) is 5.32 Å². The summed E-state index contributed by atoms with van der Waals surface area (Å²) in [5, 5.41) is 2.81. The predicted molar refractivity (Wildman–Crippen MR) is 97.6 cm³/mol. The van der Waals surface area contributed by atoms with E-state index in [0.29, 0.717) is 18.1 Å². The second kappa shape index (κ2) is 7.19. The molecular formula is C21H17NO4.